The molecule has 3 atom stereocenters. The molecule has 3 fully saturated rings. The highest BCUT2D eigenvalue weighted by atomic mass is 32.1. The van der Waals surface area contributed by atoms with Gasteiger partial charge in [-0.05, 0) is 69.9 Å². The van der Waals surface area contributed by atoms with Crippen LogP contribution in [0, 0.1) is 24.7 Å². The number of hydrogen-bond donors (Lipinski definition) is 1. The maximum atomic E-state index is 5.64. The van der Waals surface area contributed by atoms with Crippen LogP contribution in [0.25, 0.3) is 27.4 Å². The fraction of sp³-hybridized carbons (Fsp3) is 0.516. The van der Waals surface area contributed by atoms with Crippen LogP contribution in [0.5, 0.6) is 0 Å². The van der Waals surface area contributed by atoms with Crippen LogP contribution < -0.4 is 10.2 Å². The van der Waals surface area contributed by atoms with Crippen LogP contribution in [0.4, 0.5) is 5.82 Å². The third-order valence-electron chi connectivity index (χ3n) is 8.42. The number of hydrogen-bond acceptors (Lipinski definition) is 8. The zero-order chi connectivity index (χ0) is 27.6. The van der Waals surface area contributed by atoms with E-state index < -0.39 is 0 Å². The van der Waals surface area contributed by atoms with Gasteiger partial charge < -0.3 is 15.0 Å². The van der Waals surface area contributed by atoms with Crippen molar-refractivity contribution in [3.63, 3.8) is 0 Å². The summed E-state index contributed by atoms with van der Waals surface area (Å²) in [5, 5.41) is 7.61. The number of likely N-dealkylation sites (tertiary alicyclic amines) is 1. The summed E-state index contributed by atoms with van der Waals surface area (Å²) in [7, 11) is 3.75. The first-order valence-corrected chi connectivity index (χ1v) is 15.5. The lowest BCUT2D eigenvalue weighted by molar-refractivity contribution is 0.122. The Balaban J connectivity index is 0.000000925. The summed E-state index contributed by atoms with van der Waals surface area (Å²) >= 11 is 1.86. The van der Waals surface area contributed by atoms with Crippen molar-refractivity contribution < 1.29 is 4.74 Å². The van der Waals surface area contributed by atoms with Crippen molar-refractivity contribution in [2.45, 2.75) is 33.2 Å². The molecule has 5 heterocycles. The molecule has 7 rings (SSSR count). The van der Waals surface area contributed by atoms with Crippen molar-refractivity contribution >= 4 is 27.4 Å². The molecular weight excluding hydrogens is 518 g/mol. The summed E-state index contributed by atoms with van der Waals surface area (Å²) in [5.74, 6) is 4.52. The van der Waals surface area contributed by atoms with Crippen LogP contribution >= 0.6 is 11.3 Å². The zero-order valence-corrected chi connectivity index (χ0v) is 25.0. The Morgan fingerprint density at radius 2 is 1.88 bits per heavy atom. The average Bonchev–Trinajstić information content (AvgIpc) is 3.25. The lowest BCUT2D eigenvalue weighted by Crippen LogP contribution is -2.37. The third-order valence-corrected chi connectivity index (χ3v) is 9.52. The molecule has 8 nitrogen and oxygen atoms in total. The lowest BCUT2D eigenvalue weighted by atomic mass is 10.1. The molecular formula is C31H41N7OS. The van der Waals surface area contributed by atoms with E-state index in [9.17, 15) is 0 Å². The maximum Gasteiger partial charge on any atom is 0.253 e. The number of piperidine rings is 1. The average molecular weight is 560 g/mol. The summed E-state index contributed by atoms with van der Waals surface area (Å²) in [5.41, 5.74) is 4.28. The zero-order valence-electron chi connectivity index (χ0n) is 24.1. The molecule has 1 aromatic carbocycles. The summed E-state index contributed by atoms with van der Waals surface area (Å²) in [6.45, 7) is 11.1. The first kappa shape index (κ1) is 27.3. The molecule has 0 bridgehead atoms. The number of ether oxygens (including phenoxy) is 1. The van der Waals surface area contributed by atoms with E-state index in [1.54, 1.807) is 0 Å². The van der Waals surface area contributed by atoms with Gasteiger partial charge in [-0.25, -0.2) is 9.67 Å². The summed E-state index contributed by atoms with van der Waals surface area (Å²) in [6, 6.07) is 12.8. The predicted molar refractivity (Wildman–Crippen MR) is 163 cm³/mol. The SMILES string of the molecule is CCC1C2CCN(Cc3cc4nc(-n5ccc(-c6cccc(C)c6)n5)nc(N5CCOCC5)c4s3)CC12.CNC. The number of morpholine rings is 1. The van der Waals surface area contributed by atoms with Gasteiger partial charge in [0.15, 0.2) is 5.82 Å². The van der Waals surface area contributed by atoms with Gasteiger partial charge in [0, 0.05) is 42.8 Å². The second-order valence-corrected chi connectivity index (χ2v) is 12.4. The third kappa shape index (κ3) is 5.65. The minimum atomic E-state index is 0.627. The van der Waals surface area contributed by atoms with Crippen LogP contribution in [0.2, 0.25) is 0 Å². The minimum Gasteiger partial charge on any atom is -0.378 e. The van der Waals surface area contributed by atoms with Gasteiger partial charge in [-0.2, -0.15) is 10.1 Å². The monoisotopic (exact) mass is 559 g/mol. The molecule has 1 aliphatic carbocycles. The number of benzene rings is 1. The Morgan fingerprint density at radius 3 is 2.65 bits per heavy atom. The number of fused-ring (bicyclic) bond motifs is 2. The van der Waals surface area contributed by atoms with Crippen LogP contribution in [0.3, 0.4) is 0 Å². The molecule has 2 saturated heterocycles. The van der Waals surface area contributed by atoms with Gasteiger partial charge in [0.25, 0.3) is 5.95 Å². The molecule has 1 saturated carbocycles. The molecule has 2 aliphatic heterocycles. The number of thiophene rings is 1. The molecule has 40 heavy (non-hydrogen) atoms. The van der Waals surface area contributed by atoms with E-state index in [0.717, 1.165) is 73.2 Å². The normalized spacial score (nSPS) is 22.6. The lowest BCUT2D eigenvalue weighted by Gasteiger charge is -2.28. The van der Waals surface area contributed by atoms with Crippen LogP contribution in [0.1, 0.15) is 30.2 Å². The molecule has 0 spiro atoms. The number of anilines is 1. The largest absolute Gasteiger partial charge is 0.378 e. The van der Waals surface area contributed by atoms with Crippen molar-refractivity contribution in [1.82, 2.24) is 30.0 Å². The molecule has 1 N–H and O–H groups in total. The van der Waals surface area contributed by atoms with Gasteiger partial charge in [-0.3, -0.25) is 4.90 Å². The van der Waals surface area contributed by atoms with Crippen LogP contribution in [-0.4, -0.2) is 78.1 Å². The first-order chi connectivity index (χ1) is 19.6. The number of nitrogens with zero attached hydrogens (tertiary/aromatic N) is 6. The molecule has 3 aliphatic rings. The highest BCUT2D eigenvalue weighted by molar-refractivity contribution is 7.19. The van der Waals surface area contributed by atoms with Gasteiger partial charge in [-0.1, -0.05) is 37.1 Å². The maximum absolute atomic E-state index is 5.64. The number of rotatable bonds is 6. The molecule has 3 aromatic heterocycles. The quantitative estimate of drug-likeness (QED) is 0.356. The highest BCUT2D eigenvalue weighted by Gasteiger charge is 2.50. The first-order valence-electron chi connectivity index (χ1n) is 14.6. The summed E-state index contributed by atoms with van der Waals surface area (Å²) in [4.78, 5) is 16.5. The van der Waals surface area contributed by atoms with Gasteiger partial charge in [0.2, 0.25) is 0 Å². The van der Waals surface area contributed by atoms with Gasteiger partial charge >= 0.3 is 0 Å². The van der Waals surface area contributed by atoms with Crippen molar-refractivity contribution in [3.05, 3.63) is 53.0 Å². The van der Waals surface area contributed by atoms with E-state index in [-0.39, 0.29) is 0 Å². The summed E-state index contributed by atoms with van der Waals surface area (Å²) in [6.07, 6.45) is 4.67. The topological polar surface area (TPSA) is 71.3 Å². The molecule has 212 valence electrons. The fourth-order valence-electron chi connectivity index (χ4n) is 6.43. The van der Waals surface area contributed by atoms with Crippen LogP contribution in [-0.2, 0) is 11.3 Å². The highest BCUT2D eigenvalue weighted by Crippen LogP contribution is 2.53. The fourth-order valence-corrected chi connectivity index (χ4v) is 7.58. The van der Waals surface area contributed by atoms with Crippen molar-refractivity contribution in [3.8, 4) is 17.2 Å². The van der Waals surface area contributed by atoms with Crippen molar-refractivity contribution in [2.75, 3.05) is 58.4 Å². The Bertz CT molecular complexity index is 1440. The van der Waals surface area contributed by atoms with E-state index in [2.05, 4.69) is 59.3 Å². The minimum absolute atomic E-state index is 0.627. The Hall–Kier alpha value is -2.85. The standard InChI is InChI=1S/C29H34N6OS.C2H7N/c1-3-22-23-7-9-33(18-24(22)23)17-21-16-26-27(37-21)28(34-11-13-36-14-12-34)31-29(30-26)35-10-8-25(32-35)20-6-4-5-19(2)15-20;1-3-2/h4-6,8,10,15-16,22-24H,3,7,9,11-14,17-18H2,1-2H3;3H,1-2H3. The molecule has 0 radical (unpaired) electrons. The second kappa shape index (κ2) is 11.9. The van der Waals surface area contributed by atoms with Gasteiger partial charge in [-0.15, -0.1) is 11.3 Å². The Morgan fingerprint density at radius 1 is 1.05 bits per heavy atom. The van der Waals surface area contributed by atoms with Gasteiger partial charge in [0.1, 0.15) is 0 Å². The Labute approximate surface area is 241 Å². The number of nitrogens with one attached hydrogen (secondary N) is 1. The van der Waals surface area contributed by atoms with E-state index in [1.807, 2.05) is 42.4 Å². The van der Waals surface area contributed by atoms with E-state index in [1.165, 1.54) is 41.1 Å². The van der Waals surface area contributed by atoms with Crippen molar-refractivity contribution in [1.29, 1.82) is 0 Å². The summed E-state index contributed by atoms with van der Waals surface area (Å²) < 4.78 is 8.64. The second-order valence-electron chi connectivity index (χ2n) is 11.3. The molecule has 4 aromatic rings. The van der Waals surface area contributed by atoms with E-state index in [4.69, 9.17) is 19.8 Å². The molecule has 0 amide bonds. The van der Waals surface area contributed by atoms with E-state index >= 15 is 0 Å². The predicted octanol–water partition coefficient (Wildman–Crippen LogP) is 5.00. The van der Waals surface area contributed by atoms with Crippen molar-refractivity contribution in [2.24, 2.45) is 17.8 Å². The number of aryl methyl sites for hydroxylation is 1. The smallest absolute Gasteiger partial charge is 0.253 e. The molecule has 3 unspecified atom stereocenters. The van der Waals surface area contributed by atoms with Crippen LogP contribution in [0.15, 0.2) is 42.6 Å². The van der Waals surface area contributed by atoms with E-state index in [0.29, 0.717) is 5.95 Å². The van der Waals surface area contributed by atoms with Gasteiger partial charge in [0.05, 0.1) is 29.1 Å². The Kier molecular flexibility index (Phi) is 8.16. The molecule has 9 heteroatoms. The number of aromatic nitrogens is 4.